The number of halogens is 2. The van der Waals surface area contributed by atoms with Crippen LogP contribution in [0.4, 0.5) is 20.4 Å². The van der Waals surface area contributed by atoms with E-state index in [4.69, 9.17) is 18.0 Å². The van der Waals surface area contributed by atoms with Gasteiger partial charge in [0.15, 0.2) is 5.82 Å². The number of nitrogens with one attached hydrogen (secondary N) is 1. The topological polar surface area (TPSA) is 63.8 Å². The molecule has 0 saturated heterocycles. The number of hydrogen-bond donors (Lipinski definition) is 2. The Labute approximate surface area is 113 Å². The van der Waals surface area contributed by atoms with Gasteiger partial charge in [0, 0.05) is 6.20 Å². The second-order valence-electron chi connectivity index (χ2n) is 3.81. The lowest BCUT2D eigenvalue weighted by molar-refractivity contribution is 0.584. The standard InChI is InChI=1S/C12H10F2N4S/c1-6-2-3-7(13)10(9(6)14)18-12-16-5-4-8(17-12)11(15)19/h2-5H,1H3,(H2,15,19)(H,16,17,18). The van der Waals surface area contributed by atoms with Crippen molar-refractivity contribution in [2.45, 2.75) is 6.92 Å². The molecule has 98 valence electrons. The molecule has 0 aliphatic carbocycles. The smallest absolute Gasteiger partial charge is 0.227 e. The second kappa shape index (κ2) is 5.23. The van der Waals surface area contributed by atoms with Gasteiger partial charge in [-0.15, -0.1) is 0 Å². The maximum atomic E-state index is 13.8. The molecule has 0 amide bonds. The van der Waals surface area contributed by atoms with Crippen LogP contribution in [-0.4, -0.2) is 15.0 Å². The summed E-state index contributed by atoms with van der Waals surface area (Å²) >= 11 is 4.77. The molecule has 0 atom stereocenters. The van der Waals surface area contributed by atoms with E-state index in [2.05, 4.69) is 15.3 Å². The third-order valence-corrected chi connectivity index (χ3v) is 2.64. The Bertz CT molecular complexity index is 646. The van der Waals surface area contributed by atoms with Crippen molar-refractivity contribution in [1.29, 1.82) is 0 Å². The molecule has 0 aliphatic heterocycles. The van der Waals surface area contributed by atoms with Crippen LogP contribution in [-0.2, 0) is 0 Å². The molecule has 3 N–H and O–H groups in total. The molecular weight excluding hydrogens is 270 g/mol. The van der Waals surface area contributed by atoms with Gasteiger partial charge in [-0.3, -0.25) is 0 Å². The highest BCUT2D eigenvalue weighted by Crippen LogP contribution is 2.23. The van der Waals surface area contributed by atoms with Crippen molar-refractivity contribution < 1.29 is 8.78 Å². The zero-order valence-electron chi connectivity index (χ0n) is 9.95. The van der Waals surface area contributed by atoms with Gasteiger partial charge in [0.2, 0.25) is 5.95 Å². The summed E-state index contributed by atoms with van der Waals surface area (Å²) < 4.78 is 27.4. The van der Waals surface area contributed by atoms with Gasteiger partial charge in [-0.05, 0) is 24.6 Å². The molecule has 19 heavy (non-hydrogen) atoms. The third-order valence-electron chi connectivity index (χ3n) is 2.43. The van der Waals surface area contributed by atoms with Crippen LogP contribution in [0.2, 0.25) is 0 Å². The van der Waals surface area contributed by atoms with Gasteiger partial charge in [0.05, 0.1) is 0 Å². The third kappa shape index (κ3) is 2.82. The molecule has 4 nitrogen and oxygen atoms in total. The maximum absolute atomic E-state index is 13.8. The van der Waals surface area contributed by atoms with Crippen molar-refractivity contribution in [1.82, 2.24) is 9.97 Å². The summed E-state index contributed by atoms with van der Waals surface area (Å²) in [6.45, 7) is 1.53. The fourth-order valence-corrected chi connectivity index (χ4v) is 1.55. The van der Waals surface area contributed by atoms with Crippen molar-refractivity contribution in [3.63, 3.8) is 0 Å². The average molecular weight is 280 g/mol. The lowest BCUT2D eigenvalue weighted by Gasteiger charge is -2.09. The molecule has 0 bridgehead atoms. The molecule has 1 aromatic carbocycles. The molecule has 2 aromatic rings. The Kier molecular flexibility index (Phi) is 3.66. The molecule has 0 radical (unpaired) electrons. The quantitative estimate of drug-likeness (QED) is 0.845. The summed E-state index contributed by atoms with van der Waals surface area (Å²) in [7, 11) is 0. The highest BCUT2D eigenvalue weighted by molar-refractivity contribution is 7.80. The first-order valence-corrected chi connectivity index (χ1v) is 5.74. The molecule has 0 saturated carbocycles. The summed E-state index contributed by atoms with van der Waals surface area (Å²) in [6, 6.07) is 4.02. The van der Waals surface area contributed by atoms with E-state index in [0.717, 1.165) is 6.07 Å². The maximum Gasteiger partial charge on any atom is 0.227 e. The minimum absolute atomic E-state index is 0.0219. The van der Waals surface area contributed by atoms with E-state index in [9.17, 15) is 8.78 Å². The molecule has 1 aromatic heterocycles. The number of nitrogens with zero attached hydrogens (tertiary/aromatic N) is 2. The van der Waals surface area contributed by atoms with Gasteiger partial charge < -0.3 is 11.1 Å². The van der Waals surface area contributed by atoms with Crippen LogP contribution < -0.4 is 11.1 Å². The monoisotopic (exact) mass is 280 g/mol. The van der Waals surface area contributed by atoms with E-state index in [0.29, 0.717) is 11.3 Å². The van der Waals surface area contributed by atoms with Crippen LogP contribution in [0.1, 0.15) is 11.3 Å². The Morgan fingerprint density at radius 1 is 1.32 bits per heavy atom. The predicted molar refractivity (Wildman–Crippen MR) is 72.3 cm³/mol. The highest BCUT2D eigenvalue weighted by Gasteiger charge is 2.13. The van der Waals surface area contributed by atoms with E-state index in [1.54, 1.807) is 0 Å². The minimum atomic E-state index is -0.729. The minimum Gasteiger partial charge on any atom is -0.388 e. The largest absolute Gasteiger partial charge is 0.388 e. The summed E-state index contributed by atoms with van der Waals surface area (Å²) in [5.74, 6) is -1.40. The fraction of sp³-hybridized carbons (Fsp3) is 0.0833. The summed E-state index contributed by atoms with van der Waals surface area (Å²) in [4.78, 5) is 7.90. The number of hydrogen-bond acceptors (Lipinski definition) is 4. The summed E-state index contributed by atoms with van der Waals surface area (Å²) in [5.41, 5.74) is 5.75. The van der Waals surface area contributed by atoms with Gasteiger partial charge in [0.25, 0.3) is 0 Å². The van der Waals surface area contributed by atoms with Gasteiger partial charge in [-0.25, -0.2) is 18.7 Å². The van der Waals surface area contributed by atoms with Crippen LogP contribution in [0.3, 0.4) is 0 Å². The van der Waals surface area contributed by atoms with Crippen LogP contribution in [0.15, 0.2) is 24.4 Å². The second-order valence-corrected chi connectivity index (χ2v) is 4.25. The van der Waals surface area contributed by atoms with Gasteiger partial charge >= 0.3 is 0 Å². The first kappa shape index (κ1) is 13.3. The number of benzene rings is 1. The average Bonchev–Trinajstić information content (AvgIpc) is 2.39. The Hall–Kier alpha value is -2.15. The lowest BCUT2D eigenvalue weighted by Crippen LogP contribution is -2.13. The zero-order chi connectivity index (χ0) is 14.0. The normalized spacial score (nSPS) is 10.3. The number of nitrogens with two attached hydrogens (primary N) is 1. The molecule has 2 rings (SSSR count). The molecule has 0 aliphatic rings. The molecule has 7 heteroatoms. The summed E-state index contributed by atoms with van der Waals surface area (Å²) in [5, 5.41) is 2.49. The first-order chi connectivity index (χ1) is 8.99. The Morgan fingerprint density at radius 3 is 2.74 bits per heavy atom. The van der Waals surface area contributed by atoms with Crippen molar-refractivity contribution in [2.24, 2.45) is 5.73 Å². The van der Waals surface area contributed by atoms with E-state index >= 15 is 0 Å². The molecule has 0 spiro atoms. The molecule has 0 unspecified atom stereocenters. The van der Waals surface area contributed by atoms with E-state index in [1.165, 1.54) is 25.3 Å². The summed E-state index contributed by atoms with van der Waals surface area (Å²) in [6.07, 6.45) is 1.40. The molecule has 1 heterocycles. The number of aryl methyl sites for hydroxylation is 1. The number of anilines is 2. The highest BCUT2D eigenvalue weighted by atomic mass is 32.1. The van der Waals surface area contributed by atoms with E-state index in [1.807, 2.05) is 0 Å². The van der Waals surface area contributed by atoms with Gasteiger partial charge in [0.1, 0.15) is 22.2 Å². The van der Waals surface area contributed by atoms with Crippen molar-refractivity contribution in [2.75, 3.05) is 5.32 Å². The van der Waals surface area contributed by atoms with Crippen LogP contribution in [0.25, 0.3) is 0 Å². The van der Waals surface area contributed by atoms with Crippen LogP contribution in [0, 0.1) is 18.6 Å². The van der Waals surface area contributed by atoms with Crippen molar-refractivity contribution >= 4 is 28.8 Å². The van der Waals surface area contributed by atoms with E-state index in [-0.39, 0.29) is 16.6 Å². The number of aromatic nitrogens is 2. The SMILES string of the molecule is Cc1ccc(F)c(Nc2nccc(C(N)=S)n2)c1F. The van der Waals surface area contributed by atoms with Gasteiger partial charge in [-0.1, -0.05) is 18.3 Å². The van der Waals surface area contributed by atoms with Crippen LogP contribution in [0.5, 0.6) is 0 Å². The van der Waals surface area contributed by atoms with E-state index < -0.39 is 11.6 Å². The van der Waals surface area contributed by atoms with Crippen LogP contribution >= 0.6 is 12.2 Å². The molecule has 0 fully saturated rings. The Morgan fingerprint density at radius 2 is 2.05 bits per heavy atom. The Balaban J connectivity index is 2.39. The fourth-order valence-electron chi connectivity index (χ4n) is 1.44. The predicted octanol–water partition coefficient (Wildman–Crippen LogP) is 2.44. The zero-order valence-corrected chi connectivity index (χ0v) is 10.8. The first-order valence-electron chi connectivity index (χ1n) is 5.33. The van der Waals surface area contributed by atoms with Crippen molar-refractivity contribution in [3.05, 3.63) is 47.3 Å². The van der Waals surface area contributed by atoms with Gasteiger partial charge in [-0.2, -0.15) is 0 Å². The number of rotatable bonds is 3. The lowest BCUT2D eigenvalue weighted by atomic mass is 10.2. The van der Waals surface area contributed by atoms with Crippen molar-refractivity contribution in [3.8, 4) is 0 Å². The number of thiocarbonyl (C=S) groups is 1. The molecular formula is C12H10F2N4S.